The molecule has 3 aromatic heterocycles. The van der Waals surface area contributed by atoms with E-state index in [1.54, 1.807) is 15.9 Å². The second-order valence-corrected chi connectivity index (χ2v) is 7.50. The van der Waals surface area contributed by atoms with Crippen molar-refractivity contribution in [3.8, 4) is 21.9 Å². The third kappa shape index (κ3) is 2.74. The van der Waals surface area contributed by atoms with Gasteiger partial charge >= 0.3 is 4.87 Å². The average Bonchev–Trinajstić information content (AvgIpc) is 3.30. The fourth-order valence-corrected chi connectivity index (χ4v) is 4.22. The molecule has 0 atom stereocenters. The molecule has 4 aromatic rings. The van der Waals surface area contributed by atoms with E-state index >= 15 is 0 Å². The van der Waals surface area contributed by atoms with Crippen LogP contribution in [0, 0.1) is 6.92 Å². The molecule has 0 spiro atoms. The fraction of sp³-hybridized carbons (Fsp3) is 0.111. The van der Waals surface area contributed by atoms with Crippen LogP contribution in [0.4, 0.5) is 0 Å². The standard InChI is InChI=1S/C18H14N2O2S2/c1-12-17(13-6-3-2-4-7-13)20(18(21)24-12)11-14-10-15(22-19-14)16-8-5-9-23-16/h2-10H,11H2,1H3. The Kier molecular flexibility index (Phi) is 3.92. The Morgan fingerprint density at radius 2 is 2.00 bits per heavy atom. The molecule has 4 nitrogen and oxygen atoms in total. The Morgan fingerprint density at radius 1 is 1.17 bits per heavy atom. The highest BCUT2D eigenvalue weighted by Gasteiger charge is 2.16. The molecular weight excluding hydrogens is 340 g/mol. The van der Waals surface area contributed by atoms with E-state index in [1.165, 1.54) is 11.3 Å². The molecule has 0 amide bonds. The maximum atomic E-state index is 12.4. The van der Waals surface area contributed by atoms with Crippen LogP contribution in [0.2, 0.25) is 0 Å². The van der Waals surface area contributed by atoms with Crippen molar-refractivity contribution < 1.29 is 4.52 Å². The van der Waals surface area contributed by atoms with E-state index in [4.69, 9.17) is 4.52 Å². The van der Waals surface area contributed by atoms with Crippen LogP contribution in [0.1, 0.15) is 10.6 Å². The molecule has 3 heterocycles. The topological polar surface area (TPSA) is 48.0 Å². The van der Waals surface area contributed by atoms with Gasteiger partial charge in [-0.2, -0.15) is 0 Å². The Bertz CT molecular complexity index is 1010. The van der Waals surface area contributed by atoms with Gasteiger partial charge in [-0.25, -0.2) is 0 Å². The van der Waals surface area contributed by atoms with Crippen LogP contribution in [-0.2, 0) is 6.54 Å². The van der Waals surface area contributed by atoms with E-state index < -0.39 is 0 Å². The van der Waals surface area contributed by atoms with Crippen molar-refractivity contribution in [2.75, 3.05) is 0 Å². The van der Waals surface area contributed by atoms with Crippen LogP contribution < -0.4 is 4.87 Å². The SMILES string of the molecule is Cc1sc(=O)n(Cc2cc(-c3cccs3)on2)c1-c1ccccc1. The van der Waals surface area contributed by atoms with Crippen LogP contribution in [-0.4, -0.2) is 9.72 Å². The first kappa shape index (κ1) is 15.1. The lowest BCUT2D eigenvalue weighted by atomic mass is 10.1. The summed E-state index contributed by atoms with van der Waals surface area (Å²) < 4.78 is 7.19. The number of thiophene rings is 1. The first-order valence-corrected chi connectivity index (χ1v) is 9.17. The van der Waals surface area contributed by atoms with Crippen molar-refractivity contribution in [1.29, 1.82) is 0 Å². The Hall–Kier alpha value is -2.44. The molecule has 0 fully saturated rings. The monoisotopic (exact) mass is 354 g/mol. The lowest BCUT2D eigenvalue weighted by Crippen LogP contribution is -2.15. The van der Waals surface area contributed by atoms with Gasteiger partial charge in [-0.1, -0.05) is 52.9 Å². The number of aromatic nitrogens is 2. The highest BCUT2D eigenvalue weighted by Crippen LogP contribution is 2.28. The summed E-state index contributed by atoms with van der Waals surface area (Å²) in [6.45, 7) is 2.38. The zero-order chi connectivity index (χ0) is 16.5. The number of hydrogen-bond donors (Lipinski definition) is 0. The first-order chi connectivity index (χ1) is 11.7. The van der Waals surface area contributed by atoms with Crippen molar-refractivity contribution in [2.45, 2.75) is 13.5 Å². The first-order valence-electron chi connectivity index (χ1n) is 7.47. The van der Waals surface area contributed by atoms with E-state index in [9.17, 15) is 4.79 Å². The predicted molar refractivity (Wildman–Crippen MR) is 97.7 cm³/mol. The summed E-state index contributed by atoms with van der Waals surface area (Å²) in [7, 11) is 0. The van der Waals surface area contributed by atoms with Crippen LogP contribution in [0.25, 0.3) is 21.9 Å². The van der Waals surface area contributed by atoms with E-state index in [0.29, 0.717) is 6.54 Å². The molecule has 0 saturated carbocycles. The summed E-state index contributed by atoms with van der Waals surface area (Å²) in [5.74, 6) is 0.737. The van der Waals surface area contributed by atoms with Gasteiger partial charge in [0, 0.05) is 10.9 Å². The minimum atomic E-state index is 0.0204. The number of hydrogen-bond acceptors (Lipinski definition) is 5. The number of aryl methyl sites for hydroxylation is 1. The highest BCUT2D eigenvalue weighted by atomic mass is 32.1. The van der Waals surface area contributed by atoms with Gasteiger partial charge in [0.25, 0.3) is 0 Å². The van der Waals surface area contributed by atoms with E-state index in [0.717, 1.165) is 32.5 Å². The Morgan fingerprint density at radius 3 is 2.75 bits per heavy atom. The molecule has 1 aromatic carbocycles. The molecule has 0 N–H and O–H groups in total. The maximum absolute atomic E-state index is 12.4. The summed E-state index contributed by atoms with van der Waals surface area (Å²) >= 11 is 2.87. The van der Waals surface area contributed by atoms with Gasteiger partial charge in [-0.05, 0) is 23.9 Å². The maximum Gasteiger partial charge on any atom is 0.308 e. The number of thiazole rings is 1. The molecule has 4 rings (SSSR count). The van der Waals surface area contributed by atoms with E-state index in [2.05, 4.69) is 5.16 Å². The van der Waals surface area contributed by atoms with Gasteiger partial charge in [0.05, 0.1) is 17.1 Å². The van der Waals surface area contributed by atoms with Gasteiger partial charge < -0.3 is 4.52 Å². The highest BCUT2D eigenvalue weighted by molar-refractivity contribution is 7.13. The van der Waals surface area contributed by atoms with Gasteiger partial charge in [0.15, 0.2) is 5.76 Å². The summed E-state index contributed by atoms with van der Waals surface area (Å²) in [6, 6.07) is 15.8. The normalized spacial score (nSPS) is 11.0. The molecule has 24 heavy (non-hydrogen) atoms. The van der Waals surface area contributed by atoms with Crippen molar-refractivity contribution in [1.82, 2.24) is 9.72 Å². The molecule has 0 aliphatic rings. The molecule has 120 valence electrons. The second kappa shape index (κ2) is 6.22. The summed E-state index contributed by atoms with van der Waals surface area (Å²) in [5, 5.41) is 6.13. The largest absolute Gasteiger partial charge is 0.355 e. The third-order valence-electron chi connectivity index (χ3n) is 3.75. The molecule has 0 radical (unpaired) electrons. The van der Waals surface area contributed by atoms with Crippen molar-refractivity contribution in [2.24, 2.45) is 0 Å². The fourth-order valence-electron chi connectivity index (χ4n) is 2.70. The summed E-state index contributed by atoms with van der Waals surface area (Å²) in [4.78, 5) is 14.5. The van der Waals surface area contributed by atoms with Crippen LogP contribution >= 0.6 is 22.7 Å². The number of nitrogens with zero attached hydrogens (tertiary/aromatic N) is 2. The van der Waals surface area contributed by atoms with Gasteiger partial charge in [0.2, 0.25) is 0 Å². The Labute approximate surface area is 146 Å². The molecule has 0 aliphatic carbocycles. The minimum Gasteiger partial charge on any atom is -0.355 e. The molecule has 0 saturated heterocycles. The number of benzene rings is 1. The zero-order valence-corrected chi connectivity index (χ0v) is 14.6. The predicted octanol–water partition coefficient (Wildman–Crippen LogP) is 4.65. The van der Waals surface area contributed by atoms with Gasteiger partial charge in [0.1, 0.15) is 5.69 Å². The van der Waals surface area contributed by atoms with E-state index in [-0.39, 0.29) is 4.87 Å². The molecule has 0 aliphatic heterocycles. The van der Waals surface area contributed by atoms with Gasteiger partial charge in [-0.15, -0.1) is 11.3 Å². The second-order valence-electron chi connectivity index (χ2n) is 5.38. The lowest BCUT2D eigenvalue weighted by molar-refractivity contribution is 0.422. The van der Waals surface area contributed by atoms with Crippen LogP contribution in [0.3, 0.4) is 0 Å². The van der Waals surface area contributed by atoms with Crippen molar-refractivity contribution in [3.05, 3.63) is 74.1 Å². The lowest BCUT2D eigenvalue weighted by Gasteiger charge is -2.07. The number of rotatable bonds is 4. The van der Waals surface area contributed by atoms with E-state index in [1.807, 2.05) is 60.8 Å². The molecule has 0 unspecified atom stereocenters. The van der Waals surface area contributed by atoms with Crippen LogP contribution in [0.5, 0.6) is 0 Å². The smallest absolute Gasteiger partial charge is 0.308 e. The summed E-state index contributed by atoms with van der Waals surface area (Å²) in [5.41, 5.74) is 2.73. The quantitative estimate of drug-likeness (QED) is 0.536. The third-order valence-corrected chi connectivity index (χ3v) is 5.53. The van der Waals surface area contributed by atoms with Gasteiger partial charge in [-0.3, -0.25) is 9.36 Å². The van der Waals surface area contributed by atoms with Crippen molar-refractivity contribution >= 4 is 22.7 Å². The summed E-state index contributed by atoms with van der Waals surface area (Å²) in [6.07, 6.45) is 0. The zero-order valence-electron chi connectivity index (χ0n) is 12.9. The molecular formula is C18H14N2O2S2. The average molecular weight is 354 g/mol. The molecule has 0 bridgehead atoms. The molecule has 6 heteroatoms. The van der Waals surface area contributed by atoms with Crippen LogP contribution in [0.15, 0.2) is 63.2 Å². The minimum absolute atomic E-state index is 0.0204. The Balaban J connectivity index is 1.72. The van der Waals surface area contributed by atoms with Crippen molar-refractivity contribution in [3.63, 3.8) is 0 Å².